The maximum absolute atomic E-state index is 13.3. The summed E-state index contributed by atoms with van der Waals surface area (Å²) < 4.78 is 48.9. The van der Waals surface area contributed by atoms with Gasteiger partial charge >= 0.3 is 6.18 Å². The average molecular weight is 549 g/mol. The number of hydrogen-bond donors (Lipinski definition) is 0. The first-order chi connectivity index (χ1) is 19.2. The van der Waals surface area contributed by atoms with Crippen molar-refractivity contribution in [1.29, 1.82) is 0 Å². The average Bonchev–Trinajstić information content (AvgIpc) is 3.53. The van der Waals surface area contributed by atoms with E-state index in [1.165, 1.54) is 10.9 Å². The summed E-state index contributed by atoms with van der Waals surface area (Å²) in [7, 11) is 1.56. The van der Waals surface area contributed by atoms with Gasteiger partial charge in [-0.05, 0) is 39.2 Å². The smallest absolute Gasteiger partial charge is 0.434 e. The van der Waals surface area contributed by atoms with Crippen LogP contribution in [0.3, 0.4) is 0 Å². The van der Waals surface area contributed by atoms with Crippen molar-refractivity contribution in [3.63, 3.8) is 0 Å². The topological polar surface area (TPSA) is 96.4 Å². The minimum Gasteiger partial charge on any atom is -0.480 e. The molecule has 0 radical (unpaired) electrons. The molecule has 0 amide bonds. The molecule has 0 saturated heterocycles. The van der Waals surface area contributed by atoms with Gasteiger partial charge in [-0.1, -0.05) is 24.3 Å². The fraction of sp³-hybridized carbons (Fsp3) is 0.357. The first-order valence-electron chi connectivity index (χ1n) is 13.0. The molecule has 40 heavy (non-hydrogen) atoms. The van der Waals surface area contributed by atoms with Gasteiger partial charge in [-0.2, -0.15) is 18.3 Å². The van der Waals surface area contributed by atoms with Gasteiger partial charge in [-0.15, -0.1) is 0 Å². The predicted octanol–water partition coefficient (Wildman–Crippen LogP) is 6.24. The zero-order valence-corrected chi connectivity index (χ0v) is 22.4. The van der Waals surface area contributed by atoms with E-state index >= 15 is 0 Å². The number of nitrogens with zero attached hydrogens (tertiary/aromatic N) is 8. The van der Waals surface area contributed by atoms with Gasteiger partial charge in [0.1, 0.15) is 17.7 Å². The second-order valence-electron chi connectivity index (χ2n) is 10.2. The van der Waals surface area contributed by atoms with E-state index in [4.69, 9.17) is 9.72 Å². The van der Waals surface area contributed by atoms with Crippen molar-refractivity contribution in [1.82, 2.24) is 39.3 Å². The molecule has 0 aliphatic heterocycles. The van der Waals surface area contributed by atoms with E-state index in [0.717, 1.165) is 35.7 Å². The lowest BCUT2D eigenvalue weighted by atomic mass is 10.1. The normalized spacial score (nSPS) is 14.7. The lowest BCUT2D eigenvalue weighted by molar-refractivity contribution is -0.140. The Morgan fingerprint density at radius 3 is 2.38 bits per heavy atom. The molecule has 0 unspecified atom stereocenters. The quantitative estimate of drug-likeness (QED) is 0.237. The molecule has 5 aromatic rings. The van der Waals surface area contributed by atoms with Crippen LogP contribution in [0.5, 0.6) is 5.88 Å². The first-order valence-corrected chi connectivity index (χ1v) is 13.0. The lowest BCUT2D eigenvalue weighted by Gasteiger charge is -2.16. The van der Waals surface area contributed by atoms with Crippen LogP contribution in [0.4, 0.5) is 13.2 Å². The molecule has 6 rings (SSSR count). The van der Waals surface area contributed by atoms with Crippen molar-refractivity contribution in [2.75, 3.05) is 7.11 Å². The molecule has 0 N–H and O–H groups in total. The Balaban J connectivity index is 1.35. The van der Waals surface area contributed by atoms with Crippen LogP contribution in [-0.2, 0) is 6.18 Å². The number of alkyl halides is 3. The molecule has 12 heteroatoms. The van der Waals surface area contributed by atoms with Crippen LogP contribution in [0.15, 0.2) is 49.2 Å². The summed E-state index contributed by atoms with van der Waals surface area (Å²) in [6.07, 6.45) is 3.59. The van der Waals surface area contributed by atoms with E-state index < -0.39 is 11.9 Å². The van der Waals surface area contributed by atoms with E-state index in [-0.39, 0.29) is 17.9 Å². The molecule has 1 aliphatic carbocycles. The fourth-order valence-corrected chi connectivity index (χ4v) is 4.84. The third kappa shape index (κ3) is 4.56. The molecular formula is C28H27F3N8O. The number of imidazole rings is 1. The number of aromatic nitrogens is 8. The summed E-state index contributed by atoms with van der Waals surface area (Å²) in [5.41, 5.74) is 2.81. The Bertz CT molecular complexity index is 1690. The highest BCUT2D eigenvalue weighted by atomic mass is 19.4. The summed E-state index contributed by atoms with van der Waals surface area (Å²) in [4.78, 5) is 22.1. The van der Waals surface area contributed by atoms with Crippen LogP contribution >= 0.6 is 0 Å². The summed E-state index contributed by atoms with van der Waals surface area (Å²) in [5.74, 6) is 1.51. The van der Waals surface area contributed by atoms with Crippen LogP contribution in [0.25, 0.3) is 33.8 Å². The molecule has 0 bridgehead atoms. The van der Waals surface area contributed by atoms with Crippen LogP contribution in [0.1, 0.15) is 68.6 Å². The standard InChI is InChI=1S/C28H27F3N8O/c1-15(2)38-13-21(28(29,30)31)36-25(38)19-9-5-17(6-10-19)16(3)39-26-20(12-35-39)11-32-24(37-26)22-23(18-7-8-18)33-14-34-27(22)40-4/h5-6,9-16,18H,7-8H2,1-4H3/t16-/m1/s1. The molecule has 9 nitrogen and oxygen atoms in total. The van der Waals surface area contributed by atoms with Gasteiger partial charge in [0, 0.05) is 29.9 Å². The predicted molar refractivity (Wildman–Crippen MR) is 142 cm³/mol. The Kier molecular flexibility index (Phi) is 6.27. The van der Waals surface area contributed by atoms with Gasteiger partial charge in [0.25, 0.3) is 0 Å². The maximum Gasteiger partial charge on any atom is 0.434 e. The number of rotatable bonds is 7. The van der Waals surface area contributed by atoms with Gasteiger partial charge in [-0.25, -0.2) is 29.6 Å². The molecule has 1 aromatic carbocycles. The SMILES string of the molecule is COc1ncnc(C2CC2)c1-c1ncc2cnn([C@H](C)c3ccc(-c4nc(C(F)(F)F)cn4C(C)C)cc3)c2n1. The third-order valence-corrected chi connectivity index (χ3v) is 7.15. The third-order valence-electron chi connectivity index (χ3n) is 7.15. The second kappa shape index (κ2) is 9.68. The van der Waals surface area contributed by atoms with E-state index in [9.17, 15) is 13.2 Å². The van der Waals surface area contributed by atoms with Crippen LogP contribution in [0, 0.1) is 0 Å². The van der Waals surface area contributed by atoms with Gasteiger partial charge in [-0.3, -0.25) is 0 Å². The number of fused-ring (bicyclic) bond motifs is 1. The van der Waals surface area contributed by atoms with E-state index in [1.54, 1.807) is 36.3 Å². The van der Waals surface area contributed by atoms with Gasteiger partial charge in [0.15, 0.2) is 17.2 Å². The molecule has 1 aliphatic rings. The molecule has 206 valence electrons. The number of benzene rings is 1. The Hall–Kier alpha value is -4.35. The van der Waals surface area contributed by atoms with E-state index in [2.05, 4.69) is 25.0 Å². The molecule has 0 spiro atoms. The number of hydrogen-bond acceptors (Lipinski definition) is 7. The van der Waals surface area contributed by atoms with E-state index in [1.807, 2.05) is 32.9 Å². The molecule has 1 atom stereocenters. The van der Waals surface area contributed by atoms with Gasteiger partial charge in [0.2, 0.25) is 5.88 Å². The Morgan fingerprint density at radius 2 is 1.73 bits per heavy atom. The minimum atomic E-state index is -4.51. The highest BCUT2D eigenvalue weighted by Gasteiger charge is 2.35. The molecule has 1 saturated carbocycles. The number of methoxy groups -OCH3 is 1. The largest absolute Gasteiger partial charge is 0.480 e. The summed E-state index contributed by atoms with van der Waals surface area (Å²) in [6, 6.07) is 6.92. The van der Waals surface area contributed by atoms with Crippen LogP contribution in [0.2, 0.25) is 0 Å². The maximum atomic E-state index is 13.3. The van der Waals surface area contributed by atoms with Crippen molar-refractivity contribution in [3.8, 4) is 28.7 Å². The molecule has 1 fully saturated rings. The Morgan fingerprint density at radius 1 is 0.975 bits per heavy atom. The summed E-state index contributed by atoms with van der Waals surface area (Å²) in [6.45, 7) is 5.64. The van der Waals surface area contributed by atoms with Crippen LogP contribution < -0.4 is 4.74 Å². The first kappa shape index (κ1) is 25.9. The van der Waals surface area contributed by atoms with Crippen molar-refractivity contribution in [2.24, 2.45) is 0 Å². The molecular weight excluding hydrogens is 521 g/mol. The highest BCUT2D eigenvalue weighted by Crippen LogP contribution is 2.45. The van der Waals surface area contributed by atoms with Crippen molar-refractivity contribution in [2.45, 2.75) is 57.8 Å². The van der Waals surface area contributed by atoms with Crippen LogP contribution in [-0.4, -0.2) is 46.4 Å². The zero-order chi connectivity index (χ0) is 28.2. The summed E-state index contributed by atoms with van der Waals surface area (Å²) >= 11 is 0. The number of halogens is 3. The van der Waals surface area contributed by atoms with Crippen molar-refractivity contribution in [3.05, 3.63) is 66.1 Å². The monoisotopic (exact) mass is 548 g/mol. The Labute approximate surface area is 228 Å². The molecule has 4 heterocycles. The number of ether oxygens (including phenoxy) is 1. The highest BCUT2D eigenvalue weighted by molar-refractivity contribution is 5.77. The fourth-order valence-electron chi connectivity index (χ4n) is 4.84. The second-order valence-corrected chi connectivity index (χ2v) is 10.2. The lowest BCUT2D eigenvalue weighted by Crippen LogP contribution is -2.10. The van der Waals surface area contributed by atoms with Gasteiger partial charge in [0.05, 0.1) is 30.4 Å². The zero-order valence-electron chi connectivity index (χ0n) is 22.4. The van der Waals surface area contributed by atoms with Crippen molar-refractivity contribution >= 4 is 11.0 Å². The van der Waals surface area contributed by atoms with Gasteiger partial charge < -0.3 is 9.30 Å². The van der Waals surface area contributed by atoms with Crippen molar-refractivity contribution < 1.29 is 17.9 Å². The molecule has 4 aromatic heterocycles. The minimum absolute atomic E-state index is 0.185. The van der Waals surface area contributed by atoms with E-state index in [0.29, 0.717) is 34.4 Å². The summed E-state index contributed by atoms with van der Waals surface area (Å²) in [5, 5.41) is 5.35.